The Morgan fingerprint density at radius 1 is 1.35 bits per heavy atom. The predicted molar refractivity (Wildman–Crippen MR) is 88.6 cm³/mol. The van der Waals surface area contributed by atoms with Crippen LogP contribution in [-0.2, 0) is 6.42 Å². The quantitative estimate of drug-likeness (QED) is 0.906. The van der Waals surface area contributed by atoms with Gasteiger partial charge in [-0.15, -0.1) is 0 Å². The number of aromatic nitrogens is 2. The summed E-state index contributed by atoms with van der Waals surface area (Å²) in [5.74, 6) is 0.372. The molecular formula is C18H22N4O. The number of hydrogen-bond donors (Lipinski definition) is 2. The lowest BCUT2D eigenvalue weighted by atomic mass is 9.77. The largest absolute Gasteiger partial charge is 0.350 e. The van der Waals surface area contributed by atoms with E-state index in [0.29, 0.717) is 24.2 Å². The molecule has 2 aromatic rings. The van der Waals surface area contributed by atoms with Crippen LogP contribution in [0.5, 0.6) is 0 Å². The van der Waals surface area contributed by atoms with Gasteiger partial charge in [0.05, 0.1) is 6.04 Å². The van der Waals surface area contributed by atoms with Crippen molar-refractivity contribution in [1.29, 1.82) is 0 Å². The van der Waals surface area contributed by atoms with Crippen LogP contribution < -0.4 is 10.6 Å². The molecule has 4 rings (SSSR count). The second-order valence-corrected chi connectivity index (χ2v) is 6.49. The Kier molecular flexibility index (Phi) is 3.87. The number of amides is 1. The normalized spacial score (nSPS) is 23.0. The molecule has 1 amide bonds. The van der Waals surface area contributed by atoms with Crippen molar-refractivity contribution in [1.82, 2.24) is 20.4 Å². The summed E-state index contributed by atoms with van der Waals surface area (Å²) >= 11 is 0. The van der Waals surface area contributed by atoms with Gasteiger partial charge in [-0.05, 0) is 43.0 Å². The summed E-state index contributed by atoms with van der Waals surface area (Å²) in [6.07, 6.45) is 5.26. The van der Waals surface area contributed by atoms with Crippen molar-refractivity contribution in [2.75, 3.05) is 19.6 Å². The molecule has 5 heteroatoms. The Morgan fingerprint density at radius 3 is 3.09 bits per heavy atom. The van der Waals surface area contributed by atoms with Crippen molar-refractivity contribution >= 4 is 5.91 Å². The molecule has 1 aromatic carbocycles. The minimum Gasteiger partial charge on any atom is -0.350 e. The summed E-state index contributed by atoms with van der Waals surface area (Å²) in [6.45, 7) is 2.70. The van der Waals surface area contributed by atoms with Gasteiger partial charge in [0.15, 0.2) is 0 Å². The third kappa shape index (κ3) is 2.88. The maximum atomic E-state index is 12.3. The third-order valence-electron chi connectivity index (χ3n) is 4.96. The van der Waals surface area contributed by atoms with E-state index in [4.69, 9.17) is 0 Å². The van der Waals surface area contributed by atoms with E-state index < -0.39 is 0 Å². The summed E-state index contributed by atoms with van der Waals surface area (Å²) in [5.41, 5.74) is 3.29. The van der Waals surface area contributed by atoms with Crippen LogP contribution in [0.4, 0.5) is 0 Å². The smallest absolute Gasteiger partial charge is 0.271 e. The summed E-state index contributed by atoms with van der Waals surface area (Å²) in [4.78, 5) is 12.3. The predicted octanol–water partition coefficient (Wildman–Crippen LogP) is 1.88. The SMILES string of the molecule is O=C(NC[C@H]1Cc2ccccc21)c1ccn([C@@H]2CCCNC2)n1. The number of carbonyl (C=O) groups is 1. The molecule has 1 fully saturated rings. The fraction of sp³-hybridized carbons (Fsp3) is 0.444. The molecule has 2 N–H and O–H groups in total. The van der Waals surface area contributed by atoms with Gasteiger partial charge in [-0.25, -0.2) is 0 Å². The minimum atomic E-state index is -0.0723. The molecule has 0 spiro atoms. The van der Waals surface area contributed by atoms with Crippen LogP contribution in [0.2, 0.25) is 0 Å². The molecule has 0 saturated carbocycles. The third-order valence-corrected chi connectivity index (χ3v) is 4.96. The van der Waals surface area contributed by atoms with Crippen LogP contribution in [0.3, 0.4) is 0 Å². The van der Waals surface area contributed by atoms with Crippen LogP contribution >= 0.6 is 0 Å². The van der Waals surface area contributed by atoms with Gasteiger partial charge in [0.1, 0.15) is 5.69 Å². The number of rotatable bonds is 4. The number of piperidine rings is 1. The van der Waals surface area contributed by atoms with Gasteiger partial charge in [0.2, 0.25) is 0 Å². The zero-order valence-corrected chi connectivity index (χ0v) is 13.2. The molecule has 0 bridgehead atoms. The van der Waals surface area contributed by atoms with Crippen molar-refractivity contribution in [3.05, 3.63) is 53.3 Å². The van der Waals surface area contributed by atoms with Crippen molar-refractivity contribution in [3.8, 4) is 0 Å². The van der Waals surface area contributed by atoms with Gasteiger partial charge >= 0.3 is 0 Å². The molecule has 0 unspecified atom stereocenters. The number of carbonyl (C=O) groups excluding carboxylic acids is 1. The summed E-state index contributed by atoms with van der Waals surface area (Å²) in [7, 11) is 0. The minimum absolute atomic E-state index is 0.0723. The second-order valence-electron chi connectivity index (χ2n) is 6.49. The van der Waals surface area contributed by atoms with Gasteiger partial charge in [-0.1, -0.05) is 24.3 Å². The summed E-state index contributed by atoms with van der Waals surface area (Å²) in [5, 5.41) is 10.9. The van der Waals surface area contributed by atoms with E-state index in [1.165, 1.54) is 11.1 Å². The van der Waals surface area contributed by atoms with E-state index in [0.717, 1.165) is 32.4 Å². The Morgan fingerprint density at radius 2 is 2.26 bits per heavy atom. The van der Waals surface area contributed by atoms with Crippen LogP contribution in [0.25, 0.3) is 0 Å². The lowest BCUT2D eigenvalue weighted by molar-refractivity contribution is 0.0943. The average Bonchev–Trinajstić information content (AvgIpc) is 3.06. The standard InChI is InChI=1S/C18H22N4O/c23-18(20-11-14-10-13-4-1-2-6-16(13)14)17-7-9-22(21-17)15-5-3-8-19-12-15/h1-2,4,6-7,9,14-15,19H,3,5,8,10-12H2,(H,20,23)/t14-,15-/m1/s1. The number of hydrogen-bond acceptors (Lipinski definition) is 3. The first-order valence-corrected chi connectivity index (χ1v) is 8.43. The highest BCUT2D eigenvalue weighted by atomic mass is 16.1. The van der Waals surface area contributed by atoms with Crippen molar-refractivity contribution in [2.45, 2.75) is 31.2 Å². The van der Waals surface area contributed by atoms with Gasteiger partial charge in [-0.2, -0.15) is 5.10 Å². The van der Waals surface area contributed by atoms with Crippen LogP contribution in [-0.4, -0.2) is 35.3 Å². The van der Waals surface area contributed by atoms with Gasteiger partial charge in [0.25, 0.3) is 5.91 Å². The van der Waals surface area contributed by atoms with Crippen molar-refractivity contribution in [2.24, 2.45) is 0 Å². The van der Waals surface area contributed by atoms with Crippen molar-refractivity contribution in [3.63, 3.8) is 0 Å². The summed E-state index contributed by atoms with van der Waals surface area (Å²) < 4.78 is 1.93. The fourth-order valence-corrected chi connectivity index (χ4v) is 3.57. The Balaban J connectivity index is 1.34. The molecular weight excluding hydrogens is 288 g/mol. The number of fused-ring (bicyclic) bond motifs is 1. The first kappa shape index (κ1) is 14.5. The van der Waals surface area contributed by atoms with Crippen molar-refractivity contribution < 1.29 is 4.79 Å². The molecule has 2 heterocycles. The average molecular weight is 310 g/mol. The fourth-order valence-electron chi connectivity index (χ4n) is 3.57. The van der Waals surface area contributed by atoms with E-state index in [-0.39, 0.29) is 5.91 Å². The molecule has 1 aliphatic carbocycles. The van der Waals surface area contributed by atoms with E-state index in [1.807, 2.05) is 16.9 Å². The van der Waals surface area contributed by atoms with Crippen LogP contribution in [0.15, 0.2) is 36.5 Å². The molecule has 1 saturated heterocycles. The summed E-state index contributed by atoms with van der Waals surface area (Å²) in [6, 6.07) is 10.6. The molecule has 1 aliphatic heterocycles. The lowest BCUT2D eigenvalue weighted by Gasteiger charge is -2.30. The highest BCUT2D eigenvalue weighted by Gasteiger charge is 2.26. The molecule has 120 valence electrons. The second kappa shape index (κ2) is 6.16. The van der Waals surface area contributed by atoms with E-state index in [9.17, 15) is 4.79 Å². The molecule has 5 nitrogen and oxygen atoms in total. The highest BCUT2D eigenvalue weighted by Crippen LogP contribution is 2.34. The molecule has 23 heavy (non-hydrogen) atoms. The van der Waals surface area contributed by atoms with Crippen LogP contribution in [0, 0.1) is 0 Å². The molecule has 2 atom stereocenters. The highest BCUT2D eigenvalue weighted by molar-refractivity contribution is 5.92. The van der Waals surface area contributed by atoms with E-state index >= 15 is 0 Å². The maximum absolute atomic E-state index is 12.3. The lowest BCUT2D eigenvalue weighted by Crippen LogP contribution is -2.34. The Hall–Kier alpha value is -2.14. The zero-order valence-electron chi connectivity index (χ0n) is 13.2. The number of benzene rings is 1. The monoisotopic (exact) mass is 310 g/mol. The van der Waals surface area contributed by atoms with E-state index in [1.54, 1.807) is 0 Å². The van der Waals surface area contributed by atoms with Gasteiger partial charge in [-0.3, -0.25) is 9.48 Å². The molecule has 1 aromatic heterocycles. The van der Waals surface area contributed by atoms with E-state index in [2.05, 4.69) is 40.0 Å². The molecule has 2 aliphatic rings. The maximum Gasteiger partial charge on any atom is 0.271 e. The topological polar surface area (TPSA) is 59.0 Å². The Labute approximate surface area is 136 Å². The zero-order chi connectivity index (χ0) is 15.6. The Bertz CT molecular complexity index is 703. The van der Waals surface area contributed by atoms with Gasteiger partial charge < -0.3 is 10.6 Å². The number of nitrogens with zero attached hydrogens (tertiary/aromatic N) is 2. The first-order valence-electron chi connectivity index (χ1n) is 8.43. The number of nitrogens with one attached hydrogen (secondary N) is 2. The first-order chi connectivity index (χ1) is 11.3. The van der Waals surface area contributed by atoms with Crippen LogP contribution in [0.1, 0.15) is 46.4 Å². The van der Waals surface area contributed by atoms with Gasteiger partial charge in [0, 0.05) is 25.2 Å². The molecule has 0 radical (unpaired) electrons.